The van der Waals surface area contributed by atoms with Crippen LogP contribution in [0.5, 0.6) is 23.0 Å². The number of carbonyl (C=O) groups is 5. The first-order valence-electron chi connectivity index (χ1n) is 22.7. The summed E-state index contributed by atoms with van der Waals surface area (Å²) in [5.41, 5.74) is -2.79. The van der Waals surface area contributed by atoms with Crippen molar-refractivity contribution in [3.8, 4) is 23.0 Å². The molecule has 0 aliphatic carbocycles. The van der Waals surface area contributed by atoms with Crippen LogP contribution >= 0.6 is 19.6 Å². The van der Waals surface area contributed by atoms with E-state index in [1.165, 1.54) is 24.3 Å². The summed E-state index contributed by atoms with van der Waals surface area (Å²) < 4.78 is 87.9. The number of esters is 3. The van der Waals surface area contributed by atoms with Gasteiger partial charge in [0.2, 0.25) is 13.9 Å². The van der Waals surface area contributed by atoms with Gasteiger partial charge >= 0.3 is 30.0 Å². The molecule has 0 saturated heterocycles. The molecule has 1 spiro atoms. The third kappa shape index (κ3) is 11.9. The van der Waals surface area contributed by atoms with Crippen molar-refractivity contribution in [2.24, 2.45) is 10.8 Å². The third-order valence-corrected chi connectivity index (χ3v) is 13.0. The third-order valence-electron chi connectivity index (χ3n) is 11.5. The predicted molar refractivity (Wildman–Crippen MR) is 252 cm³/mol. The zero-order valence-corrected chi connectivity index (χ0v) is 41.3. The second kappa shape index (κ2) is 21.7. The maximum atomic E-state index is 14.3. The van der Waals surface area contributed by atoms with Crippen LogP contribution in [0.25, 0.3) is 10.8 Å². The van der Waals surface area contributed by atoms with Gasteiger partial charge in [0.15, 0.2) is 17.1 Å². The van der Waals surface area contributed by atoms with Gasteiger partial charge in [-0.25, -0.2) is 4.79 Å². The number of halogens is 4. The van der Waals surface area contributed by atoms with E-state index in [0.29, 0.717) is 29.5 Å². The molecule has 2 aliphatic heterocycles. The average molecular weight is 1000 g/mol. The highest BCUT2D eigenvalue weighted by molar-refractivity contribution is 7.48. The fourth-order valence-corrected chi connectivity index (χ4v) is 9.03. The molecule has 2 aliphatic rings. The van der Waals surface area contributed by atoms with Crippen LogP contribution in [-0.4, -0.2) is 69.3 Å². The average Bonchev–Trinajstić information content (AvgIpc) is 3.57. The van der Waals surface area contributed by atoms with Gasteiger partial charge in [0.25, 0.3) is 0 Å². The maximum absolute atomic E-state index is 14.3. The largest absolute Gasteiger partial charge is 0.471 e. The first kappa shape index (κ1) is 52.9. The lowest BCUT2D eigenvalue weighted by Gasteiger charge is -2.39. The van der Waals surface area contributed by atoms with Crippen molar-refractivity contribution in [2.45, 2.75) is 105 Å². The molecule has 4 aromatic carbocycles. The molecule has 0 bridgehead atoms. The standard InChI is InChI=1S/C50H57ClF3N2O12P/c1-47(2,3)45(60)66-36-28-37-39(32-17-11-10-16-31(32)36)49(34-27-30(19-20-33(34)43(58)68-49)69(62)64-25-15-13-23-56-44(59)50(52,53)54)35-26-29(18-21-38(57)55-22-12-8-9-14-24-63-7)41(40(51)42(35)65-37)67-46(61)48(4,5)6/h10-11,16-17,19-20,26-28,69H,8-9,12-15,18,21-25H2,1-7H3,(H,55,57)(H,56,59). The van der Waals surface area contributed by atoms with Gasteiger partial charge in [0, 0.05) is 61.1 Å². The van der Waals surface area contributed by atoms with E-state index in [4.69, 9.17) is 39.8 Å². The number of unbranched alkanes of at least 4 members (excludes halogenated alkanes) is 4. The molecule has 0 fully saturated rings. The lowest BCUT2D eigenvalue weighted by atomic mass is 9.75. The molecule has 2 unspecified atom stereocenters. The maximum Gasteiger partial charge on any atom is 0.471 e. The predicted octanol–water partition coefficient (Wildman–Crippen LogP) is 9.80. The number of alkyl halides is 3. The molecule has 0 saturated carbocycles. The van der Waals surface area contributed by atoms with E-state index >= 15 is 0 Å². The van der Waals surface area contributed by atoms with E-state index < -0.39 is 54.5 Å². The minimum Gasteiger partial charge on any atom is -0.455 e. The van der Waals surface area contributed by atoms with E-state index in [9.17, 15) is 41.7 Å². The lowest BCUT2D eigenvalue weighted by molar-refractivity contribution is -0.173. The highest BCUT2D eigenvalue weighted by Gasteiger charge is 2.56. The monoisotopic (exact) mass is 1000 g/mol. The number of ether oxygens (including phenoxy) is 5. The summed E-state index contributed by atoms with van der Waals surface area (Å²) >= 11 is 7.32. The van der Waals surface area contributed by atoms with Crippen LogP contribution < -0.4 is 30.1 Å². The molecule has 372 valence electrons. The van der Waals surface area contributed by atoms with Crippen molar-refractivity contribution in [3.63, 3.8) is 0 Å². The molecule has 2 heterocycles. The van der Waals surface area contributed by atoms with Crippen molar-refractivity contribution >= 4 is 65.4 Å². The SMILES string of the molecule is COCCCCCCNC(=O)CCc1cc2c(c(Cl)c1OC(=O)C(C)(C)C)Oc1cc(OC(=O)C(C)(C)C)c3ccccc3c1C21OC(=O)c2ccc([PH](=O)OCCCCNC(=O)C(F)(F)F)cc21. The Morgan fingerprint density at radius 1 is 0.783 bits per heavy atom. The van der Waals surface area contributed by atoms with Crippen molar-refractivity contribution in [3.05, 3.63) is 87.4 Å². The minimum atomic E-state index is -5.02. The van der Waals surface area contributed by atoms with Crippen molar-refractivity contribution in [1.29, 1.82) is 0 Å². The van der Waals surface area contributed by atoms with E-state index in [-0.39, 0.29) is 100 Å². The van der Waals surface area contributed by atoms with Gasteiger partial charge in [-0.05, 0) is 109 Å². The van der Waals surface area contributed by atoms with Crippen LogP contribution in [0.15, 0.2) is 54.6 Å². The Hall–Kier alpha value is -5.48. The zero-order valence-electron chi connectivity index (χ0n) is 39.6. The quantitative estimate of drug-likeness (QED) is 0.0393. The Morgan fingerprint density at radius 2 is 1.42 bits per heavy atom. The van der Waals surface area contributed by atoms with Crippen molar-refractivity contribution in [2.75, 3.05) is 33.4 Å². The number of hydrogen-bond acceptors (Lipinski definition) is 12. The molecule has 19 heteroatoms. The van der Waals surface area contributed by atoms with Crippen LogP contribution in [0.1, 0.15) is 119 Å². The summed E-state index contributed by atoms with van der Waals surface area (Å²) in [4.78, 5) is 65.9. The normalized spacial score (nSPS) is 15.7. The van der Waals surface area contributed by atoms with Crippen molar-refractivity contribution in [1.82, 2.24) is 10.6 Å². The number of methoxy groups -OCH3 is 1. The lowest BCUT2D eigenvalue weighted by Crippen LogP contribution is -2.37. The summed E-state index contributed by atoms with van der Waals surface area (Å²) in [6.07, 6.45) is -1.29. The highest BCUT2D eigenvalue weighted by atomic mass is 35.5. The first-order chi connectivity index (χ1) is 32.5. The summed E-state index contributed by atoms with van der Waals surface area (Å²) in [7, 11) is -1.46. The van der Waals surface area contributed by atoms with Crippen LogP contribution in [0, 0.1) is 10.8 Å². The molecule has 14 nitrogen and oxygen atoms in total. The second-order valence-electron chi connectivity index (χ2n) is 18.9. The first-order valence-corrected chi connectivity index (χ1v) is 24.4. The Bertz CT molecular complexity index is 2660. The number of rotatable bonds is 19. The summed E-state index contributed by atoms with van der Waals surface area (Å²) in [6.45, 7) is 10.8. The van der Waals surface area contributed by atoms with Crippen LogP contribution in [0.3, 0.4) is 0 Å². The van der Waals surface area contributed by atoms with Gasteiger partial charge in [0.05, 0.1) is 28.6 Å². The fourth-order valence-electron chi connectivity index (χ4n) is 7.76. The summed E-state index contributed by atoms with van der Waals surface area (Å²) in [5.74, 6) is -4.31. The van der Waals surface area contributed by atoms with Crippen molar-refractivity contribution < 1.29 is 69.9 Å². The zero-order chi connectivity index (χ0) is 50.5. The second-order valence-corrected chi connectivity index (χ2v) is 20.7. The molecule has 69 heavy (non-hydrogen) atoms. The summed E-state index contributed by atoms with van der Waals surface area (Å²) in [6, 6.07) is 14.4. The Labute approximate surface area is 404 Å². The Morgan fingerprint density at radius 3 is 2.10 bits per heavy atom. The van der Waals surface area contributed by atoms with Gasteiger partial charge in [-0.2, -0.15) is 13.2 Å². The fraction of sp³-hybridized carbons (Fsp3) is 0.460. The number of benzene rings is 4. The number of amides is 2. The minimum absolute atomic E-state index is 0.00702. The van der Waals surface area contributed by atoms with E-state index in [1.54, 1.807) is 84.3 Å². The Balaban J connectivity index is 1.48. The molecule has 2 amide bonds. The number of nitrogens with one attached hydrogen (secondary N) is 2. The van der Waals surface area contributed by atoms with Gasteiger partial charge < -0.3 is 38.8 Å². The van der Waals surface area contributed by atoms with Crippen LogP contribution in [0.4, 0.5) is 13.2 Å². The van der Waals surface area contributed by atoms with Crippen LogP contribution in [0.2, 0.25) is 5.02 Å². The summed E-state index contributed by atoms with van der Waals surface area (Å²) in [5, 5.41) is 5.59. The molecular formula is C50H57ClF3N2O12P. The van der Waals surface area contributed by atoms with E-state index in [2.05, 4.69) is 5.32 Å². The Kier molecular flexibility index (Phi) is 16.6. The van der Waals surface area contributed by atoms with Gasteiger partial charge in [0.1, 0.15) is 16.5 Å². The van der Waals surface area contributed by atoms with Gasteiger partial charge in [-0.15, -0.1) is 0 Å². The number of hydrogen-bond donors (Lipinski definition) is 2. The smallest absolute Gasteiger partial charge is 0.455 e. The molecular weight excluding hydrogens is 944 g/mol. The molecule has 0 radical (unpaired) electrons. The molecule has 2 atom stereocenters. The van der Waals surface area contributed by atoms with Crippen LogP contribution in [-0.2, 0) is 49.8 Å². The topological polar surface area (TPSA) is 182 Å². The molecule has 2 N–H and O–H groups in total. The van der Waals surface area contributed by atoms with E-state index in [0.717, 1.165) is 25.7 Å². The molecule has 0 aromatic heterocycles. The molecule has 6 rings (SSSR count). The highest BCUT2D eigenvalue weighted by Crippen LogP contribution is 2.62. The number of aryl methyl sites for hydroxylation is 1. The van der Waals surface area contributed by atoms with E-state index in [1.807, 2.05) is 0 Å². The number of carbonyl (C=O) groups excluding carboxylic acids is 5. The van der Waals surface area contributed by atoms with Gasteiger partial charge in [-0.1, -0.05) is 48.7 Å². The van der Waals surface area contributed by atoms with Gasteiger partial charge in [-0.3, -0.25) is 23.7 Å². The number of fused-ring (bicyclic) bond motifs is 8. The molecule has 4 aromatic rings.